The van der Waals surface area contributed by atoms with Crippen molar-refractivity contribution in [2.75, 3.05) is 43.4 Å². The third-order valence-electron chi connectivity index (χ3n) is 5.67. The van der Waals surface area contributed by atoms with Gasteiger partial charge in [-0.2, -0.15) is 0 Å². The van der Waals surface area contributed by atoms with E-state index in [4.69, 9.17) is 9.98 Å². The normalized spacial score (nSPS) is 18.5. The van der Waals surface area contributed by atoms with Crippen molar-refractivity contribution in [1.29, 1.82) is 0 Å². The highest BCUT2D eigenvalue weighted by molar-refractivity contribution is 7.12. The molecular weight excluding hydrogens is 410 g/mol. The number of carbonyl (C=O) groups is 1. The van der Waals surface area contributed by atoms with E-state index in [1.165, 1.54) is 33.8 Å². The number of benzene rings is 1. The molecule has 0 radical (unpaired) electrons. The van der Waals surface area contributed by atoms with Crippen LogP contribution in [0.1, 0.15) is 28.9 Å². The molecule has 1 aromatic heterocycles. The molecule has 0 atom stereocenters. The summed E-state index contributed by atoms with van der Waals surface area (Å²) in [4.78, 5) is 24.7. The van der Waals surface area contributed by atoms with Crippen LogP contribution in [0, 0.1) is 0 Å². The molecule has 31 heavy (non-hydrogen) atoms. The Morgan fingerprint density at radius 1 is 1.23 bits per heavy atom. The fourth-order valence-electron chi connectivity index (χ4n) is 4.17. The van der Waals surface area contributed by atoms with Crippen molar-refractivity contribution in [3.63, 3.8) is 0 Å². The first-order chi connectivity index (χ1) is 15.1. The fourth-order valence-corrected chi connectivity index (χ4v) is 5.37. The molecule has 3 heterocycles. The van der Waals surface area contributed by atoms with Crippen molar-refractivity contribution in [2.24, 2.45) is 4.99 Å². The van der Waals surface area contributed by atoms with Gasteiger partial charge in [-0.05, 0) is 36.6 Å². The van der Waals surface area contributed by atoms with E-state index in [9.17, 15) is 4.79 Å². The number of aryl methyl sites for hydroxylation is 1. The first-order valence-electron chi connectivity index (χ1n) is 10.7. The number of nitrogens with one attached hydrogen (secondary N) is 4. The molecule has 9 heteroatoms. The minimum Gasteiger partial charge on any atom is -0.326 e. The lowest BCUT2D eigenvalue weighted by Gasteiger charge is -2.26. The number of thiazole rings is 1. The summed E-state index contributed by atoms with van der Waals surface area (Å²) in [6, 6.07) is 7.64. The zero-order chi connectivity index (χ0) is 21.2. The summed E-state index contributed by atoms with van der Waals surface area (Å²) >= 11 is 1.81. The highest BCUT2D eigenvalue weighted by Gasteiger charge is 2.27. The quantitative estimate of drug-likeness (QED) is 0.586. The van der Waals surface area contributed by atoms with Crippen molar-refractivity contribution in [1.82, 2.24) is 20.5 Å². The lowest BCUT2D eigenvalue weighted by Crippen LogP contribution is -2.42. The molecule has 0 bridgehead atoms. The summed E-state index contributed by atoms with van der Waals surface area (Å²) in [7, 11) is 0. The molecule has 1 aromatic carbocycles. The van der Waals surface area contributed by atoms with Gasteiger partial charge in [-0.15, -0.1) is 11.3 Å². The number of fused-ring (bicyclic) bond motifs is 2. The summed E-state index contributed by atoms with van der Waals surface area (Å²) in [6.45, 7) is 7.39. The molecule has 1 aliphatic carbocycles. The Balaban J connectivity index is 1.29. The van der Waals surface area contributed by atoms with Crippen LogP contribution in [0.25, 0.3) is 5.70 Å². The van der Waals surface area contributed by atoms with E-state index in [2.05, 4.69) is 26.2 Å². The molecule has 0 spiro atoms. The van der Waals surface area contributed by atoms with E-state index in [-0.39, 0.29) is 5.91 Å². The van der Waals surface area contributed by atoms with Crippen molar-refractivity contribution >= 4 is 40.3 Å². The Labute approximate surface area is 185 Å². The fraction of sp³-hybridized carbons (Fsp3) is 0.409. The summed E-state index contributed by atoms with van der Waals surface area (Å²) in [5, 5.41) is 14.3. The topological polar surface area (TPSA) is 93.7 Å². The van der Waals surface area contributed by atoms with Crippen LogP contribution in [0.3, 0.4) is 0 Å². The number of rotatable bonds is 4. The number of aromatic nitrogens is 1. The predicted octanol–water partition coefficient (Wildman–Crippen LogP) is 2.24. The van der Waals surface area contributed by atoms with Gasteiger partial charge >= 0.3 is 0 Å². The number of piperazine rings is 1. The first-order valence-corrected chi connectivity index (χ1v) is 11.6. The highest BCUT2D eigenvalue weighted by atomic mass is 32.1. The molecule has 8 nitrogen and oxygen atoms in total. The van der Waals surface area contributed by atoms with Gasteiger partial charge in [0, 0.05) is 44.5 Å². The van der Waals surface area contributed by atoms with E-state index < -0.39 is 0 Å². The summed E-state index contributed by atoms with van der Waals surface area (Å²) in [6.07, 6.45) is 1.99. The number of guanidine groups is 1. The molecule has 1 amide bonds. The molecule has 0 saturated carbocycles. The first kappa shape index (κ1) is 20.2. The van der Waals surface area contributed by atoms with Gasteiger partial charge in [0.1, 0.15) is 5.01 Å². The second-order valence-corrected chi connectivity index (χ2v) is 9.15. The zero-order valence-corrected chi connectivity index (χ0v) is 18.4. The lowest BCUT2D eigenvalue weighted by molar-refractivity contribution is -0.114. The maximum absolute atomic E-state index is 11.3. The van der Waals surface area contributed by atoms with Crippen LogP contribution in [0.5, 0.6) is 0 Å². The third-order valence-corrected chi connectivity index (χ3v) is 6.77. The van der Waals surface area contributed by atoms with Crippen molar-refractivity contribution < 1.29 is 4.79 Å². The van der Waals surface area contributed by atoms with E-state index in [1.54, 1.807) is 0 Å². The molecule has 0 unspecified atom stereocenters. The van der Waals surface area contributed by atoms with Gasteiger partial charge in [0.05, 0.1) is 29.4 Å². The van der Waals surface area contributed by atoms with Gasteiger partial charge in [0.25, 0.3) is 0 Å². The van der Waals surface area contributed by atoms with Crippen LogP contribution < -0.4 is 21.3 Å². The maximum atomic E-state index is 11.3. The molecule has 162 valence electrons. The molecule has 2 aliphatic heterocycles. The number of aliphatic imine (C=N–C) groups is 1. The van der Waals surface area contributed by atoms with Crippen LogP contribution in [-0.4, -0.2) is 54.5 Å². The number of amides is 1. The average molecular weight is 438 g/mol. The maximum Gasteiger partial charge on any atom is 0.221 e. The van der Waals surface area contributed by atoms with E-state index >= 15 is 0 Å². The van der Waals surface area contributed by atoms with E-state index in [0.29, 0.717) is 6.54 Å². The average Bonchev–Trinajstić information content (AvgIpc) is 3.17. The number of hydrogen-bond acceptors (Lipinski definition) is 8. The molecule has 1 fully saturated rings. The number of nitrogens with zero attached hydrogens (tertiary/aromatic N) is 3. The summed E-state index contributed by atoms with van der Waals surface area (Å²) in [5.41, 5.74) is 5.36. The number of carbonyl (C=O) groups excluding carboxylic acids is 1. The number of hydrogen-bond donors (Lipinski definition) is 4. The minimum atomic E-state index is -0.0865. The zero-order valence-electron chi connectivity index (χ0n) is 17.6. The van der Waals surface area contributed by atoms with Crippen LogP contribution in [0.4, 0.5) is 11.4 Å². The molecule has 3 aliphatic rings. The minimum absolute atomic E-state index is 0.0865. The van der Waals surface area contributed by atoms with E-state index in [1.807, 2.05) is 35.6 Å². The van der Waals surface area contributed by atoms with Crippen molar-refractivity contribution in [2.45, 2.75) is 26.3 Å². The Bertz CT molecular complexity index is 1050. The third kappa shape index (κ3) is 4.63. The molecular formula is C22H27N7OS. The Kier molecular flexibility index (Phi) is 5.71. The van der Waals surface area contributed by atoms with Gasteiger partial charge in [0.2, 0.25) is 11.9 Å². The predicted molar refractivity (Wildman–Crippen MR) is 125 cm³/mol. The standard InChI is InChI=1S/C22H27N7OS/c1-14(30)25-16-3-2-4-17(11-16)26-22-24-12-15-5-6-18-21(20(15)28-22)31-19(27-18)13-29-9-7-23-8-10-29/h2-4,11,23H,5-10,12-13H2,1H3,(H,25,30)(H2,24,26,28). The molecule has 4 N–H and O–H groups in total. The lowest BCUT2D eigenvalue weighted by atomic mass is 9.97. The Hall–Kier alpha value is -2.75. The summed E-state index contributed by atoms with van der Waals surface area (Å²) < 4.78 is 0. The van der Waals surface area contributed by atoms with Crippen LogP contribution in [0.2, 0.25) is 0 Å². The van der Waals surface area contributed by atoms with Gasteiger partial charge in [-0.3, -0.25) is 9.69 Å². The second-order valence-electron chi connectivity index (χ2n) is 8.06. The largest absolute Gasteiger partial charge is 0.326 e. The smallest absolute Gasteiger partial charge is 0.221 e. The molecule has 5 rings (SSSR count). The second kappa shape index (κ2) is 8.78. The van der Waals surface area contributed by atoms with Crippen molar-refractivity contribution in [3.05, 3.63) is 45.4 Å². The van der Waals surface area contributed by atoms with Crippen molar-refractivity contribution in [3.8, 4) is 0 Å². The molecule has 1 saturated heterocycles. The van der Waals surface area contributed by atoms with Crippen LogP contribution in [-0.2, 0) is 17.8 Å². The summed E-state index contributed by atoms with van der Waals surface area (Å²) in [5.74, 6) is 0.639. The van der Waals surface area contributed by atoms with E-state index in [0.717, 1.165) is 62.9 Å². The van der Waals surface area contributed by atoms with Gasteiger partial charge in [-0.1, -0.05) is 6.07 Å². The van der Waals surface area contributed by atoms with Gasteiger partial charge < -0.3 is 21.3 Å². The molecule has 2 aromatic rings. The number of anilines is 2. The van der Waals surface area contributed by atoms with Crippen LogP contribution >= 0.6 is 11.3 Å². The SMILES string of the molecule is CC(=O)Nc1cccc(NC2=NCC3=C(N2)c2sc(CN4CCNCC4)nc2CC3)c1. The Morgan fingerprint density at radius 2 is 2.06 bits per heavy atom. The van der Waals surface area contributed by atoms with Gasteiger partial charge in [-0.25, -0.2) is 9.98 Å². The Morgan fingerprint density at radius 3 is 2.90 bits per heavy atom. The van der Waals surface area contributed by atoms with Gasteiger partial charge in [0.15, 0.2) is 0 Å². The van der Waals surface area contributed by atoms with Crippen LogP contribution in [0.15, 0.2) is 34.8 Å². The monoisotopic (exact) mass is 437 g/mol. The highest BCUT2D eigenvalue weighted by Crippen LogP contribution is 2.35.